The highest BCUT2D eigenvalue weighted by Crippen LogP contribution is 2.32. The minimum atomic E-state index is -0.835. The first-order valence-electron chi connectivity index (χ1n) is 12.7. The van der Waals surface area contributed by atoms with Crippen LogP contribution in [0.3, 0.4) is 0 Å². The van der Waals surface area contributed by atoms with Gasteiger partial charge in [0.25, 0.3) is 11.8 Å². The van der Waals surface area contributed by atoms with Gasteiger partial charge in [-0.05, 0) is 61.5 Å². The summed E-state index contributed by atoms with van der Waals surface area (Å²) in [6.07, 6.45) is 2.37. The number of amides is 3. The van der Waals surface area contributed by atoms with Gasteiger partial charge < -0.3 is 35.9 Å². The molecule has 14 heteroatoms. The lowest BCUT2D eigenvalue weighted by Gasteiger charge is -2.18. The van der Waals surface area contributed by atoms with Crippen LogP contribution in [-0.2, 0) is 31.9 Å². The van der Waals surface area contributed by atoms with Gasteiger partial charge in [-0.25, -0.2) is 19.2 Å². The van der Waals surface area contributed by atoms with E-state index in [1.54, 1.807) is 6.07 Å². The largest absolute Gasteiger partial charge is 0.465 e. The standard InChI is InChI=1S/C25H30FN7O6/c1-37-11-19(27)23(35)30-15-6-14-4-13(5-17(14)18(26)7-15)8-28-3-2-16-10-33(25(36)39-16)20-9-29-24-22(31-20)32-21(34)12-38-24/h6-7,9,13,16,19,28H,2-5,8,10-12,27H2,1H3,(H,30,35)(H,31,32,34). The number of nitrogens with one attached hydrogen (secondary N) is 3. The van der Waals surface area contributed by atoms with Crippen molar-refractivity contribution in [1.29, 1.82) is 0 Å². The fourth-order valence-electron chi connectivity index (χ4n) is 4.90. The second kappa shape index (κ2) is 11.5. The molecule has 3 aliphatic rings. The number of nitrogens with zero attached hydrogens (tertiary/aromatic N) is 3. The first-order valence-corrected chi connectivity index (χ1v) is 12.7. The van der Waals surface area contributed by atoms with E-state index in [-0.39, 0.29) is 54.5 Å². The van der Waals surface area contributed by atoms with E-state index >= 15 is 0 Å². The number of hydrogen-bond donors (Lipinski definition) is 4. The third-order valence-corrected chi connectivity index (χ3v) is 6.79. The average molecular weight is 544 g/mol. The van der Waals surface area contributed by atoms with Crippen molar-refractivity contribution in [3.05, 3.63) is 35.3 Å². The van der Waals surface area contributed by atoms with E-state index in [1.807, 2.05) is 0 Å². The van der Waals surface area contributed by atoms with Gasteiger partial charge in [-0.15, -0.1) is 0 Å². The highest BCUT2D eigenvalue weighted by molar-refractivity contribution is 5.95. The maximum Gasteiger partial charge on any atom is 0.415 e. The first kappa shape index (κ1) is 26.7. The molecular formula is C25H30FN7O6. The fourth-order valence-corrected chi connectivity index (χ4v) is 4.90. The number of halogens is 1. The van der Waals surface area contributed by atoms with Gasteiger partial charge in [0.05, 0.1) is 19.3 Å². The minimum absolute atomic E-state index is 0.0717. The molecule has 13 nitrogen and oxygen atoms in total. The molecule has 5 rings (SSSR count). The lowest BCUT2D eigenvalue weighted by molar-refractivity contribution is -0.119. The summed E-state index contributed by atoms with van der Waals surface area (Å²) < 4.78 is 30.3. The van der Waals surface area contributed by atoms with Crippen LogP contribution < -0.4 is 31.3 Å². The monoisotopic (exact) mass is 543 g/mol. The third kappa shape index (κ3) is 6.08. The van der Waals surface area contributed by atoms with Crippen molar-refractivity contribution in [3.63, 3.8) is 0 Å². The van der Waals surface area contributed by atoms with E-state index in [0.717, 1.165) is 5.56 Å². The van der Waals surface area contributed by atoms with Gasteiger partial charge in [0, 0.05) is 12.8 Å². The average Bonchev–Trinajstić information content (AvgIpc) is 3.49. The van der Waals surface area contributed by atoms with Gasteiger partial charge >= 0.3 is 6.09 Å². The van der Waals surface area contributed by atoms with Crippen LogP contribution in [0.2, 0.25) is 0 Å². The van der Waals surface area contributed by atoms with E-state index in [9.17, 15) is 18.8 Å². The van der Waals surface area contributed by atoms with E-state index < -0.39 is 18.0 Å². The molecule has 0 radical (unpaired) electrons. The number of hydrogen-bond acceptors (Lipinski definition) is 10. The number of methoxy groups -OCH3 is 1. The molecule has 3 unspecified atom stereocenters. The molecule has 3 amide bonds. The van der Waals surface area contributed by atoms with Gasteiger partial charge in [0.1, 0.15) is 18.0 Å². The molecule has 1 saturated heterocycles. The number of ether oxygens (including phenoxy) is 3. The number of anilines is 3. The summed E-state index contributed by atoms with van der Waals surface area (Å²) in [5.74, 6) is -0.292. The number of fused-ring (bicyclic) bond motifs is 2. The summed E-state index contributed by atoms with van der Waals surface area (Å²) in [5.41, 5.74) is 7.65. The highest BCUT2D eigenvalue weighted by atomic mass is 19.1. The van der Waals surface area contributed by atoms with E-state index in [4.69, 9.17) is 19.9 Å². The van der Waals surface area contributed by atoms with Crippen LogP contribution in [0, 0.1) is 11.7 Å². The molecule has 1 aromatic heterocycles. The van der Waals surface area contributed by atoms with Crippen LogP contribution in [0.25, 0.3) is 0 Å². The predicted octanol–water partition coefficient (Wildman–Crippen LogP) is 0.579. The minimum Gasteiger partial charge on any atom is -0.465 e. The molecule has 1 fully saturated rings. The normalized spacial score (nSPS) is 20.5. The van der Waals surface area contributed by atoms with Crippen molar-refractivity contribution in [3.8, 4) is 5.88 Å². The number of carbonyl (C=O) groups excluding carboxylic acids is 3. The van der Waals surface area contributed by atoms with Crippen molar-refractivity contribution < 1.29 is 33.0 Å². The molecule has 39 heavy (non-hydrogen) atoms. The zero-order chi connectivity index (χ0) is 27.5. The van der Waals surface area contributed by atoms with Crippen molar-refractivity contribution in [1.82, 2.24) is 15.3 Å². The number of benzene rings is 1. The van der Waals surface area contributed by atoms with E-state index in [1.165, 1.54) is 24.3 Å². The van der Waals surface area contributed by atoms with Gasteiger partial charge in [0.2, 0.25) is 5.91 Å². The molecule has 3 atom stereocenters. The fraction of sp³-hybridized carbons (Fsp3) is 0.480. The van der Waals surface area contributed by atoms with Crippen LogP contribution in [0.15, 0.2) is 18.3 Å². The maximum atomic E-state index is 14.7. The molecule has 1 aromatic carbocycles. The van der Waals surface area contributed by atoms with Crippen molar-refractivity contribution in [2.24, 2.45) is 11.7 Å². The third-order valence-electron chi connectivity index (χ3n) is 6.79. The molecule has 0 bridgehead atoms. The van der Waals surface area contributed by atoms with Crippen LogP contribution >= 0.6 is 0 Å². The molecular weight excluding hydrogens is 513 g/mol. The summed E-state index contributed by atoms with van der Waals surface area (Å²) in [7, 11) is 1.45. The summed E-state index contributed by atoms with van der Waals surface area (Å²) in [6, 6.07) is 2.28. The Morgan fingerprint density at radius 2 is 2.21 bits per heavy atom. The molecule has 2 aliphatic heterocycles. The Morgan fingerprint density at radius 3 is 3.03 bits per heavy atom. The molecule has 3 heterocycles. The Balaban J connectivity index is 1.08. The number of cyclic esters (lactones) is 1. The van der Waals surface area contributed by atoms with Crippen LogP contribution in [-0.4, -0.2) is 80.0 Å². The molecule has 2 aromatic rings. The predicted molar refractivity (Wildman–Crippen MR) is 137 cm³/mol. The first-order chi connectivity index (χ1) is 18.8. The summed E-state index contributed by atoms with van der Waals surface area (Å²) in [4.78, 5) is 45.8. The van der Waals surface area contributed by atoms with Crippen molar-refractivity contribution in [2.45, 2.75) is 31.4 Å². The second-order valence-electron chi connectivity index (χ2n) is 9.75. The topological polar surface area (TPSA) is 170 Å². The van der Waals surface area contributed by atoms with Gasteiger partial charge in [-0.3, -0.25) is 14.5 Å². The number of carbonyl (C=O) groups is 3. The molecule has 5 N–H and O–H groups in total. The molecule has 1 aliphatic carbocycles. The van der Waals surface area contributed by atoms with Crippen molar-refractivity contribution in [2.75, 3.05) is 55.5 Å². The Kier molecular flexibility index (Phi) is 7.86. The van der Waals surface area contributed by atoms with Crippen molar-refractivity contribution >= 4 is 35.2 Å². The molecule has 0 saturated carbocycles. The number of aromatic nitrogens is 2. The smallest absolute Gasteiger partial charge is 0.415 e. The van der Waals surface area contributed by atoms with E-state index in [0.29, 0.717) is 50.1 Å². The number of nitrogens with two attached hydrogens (primary N) is 1. The van der Waals surface area contributed by atoms with Gasteiger partial charge in [0.15, 0.2) is 18.2 Å². The highest BCUT2D eigenvalue weighted by Gasteiger charge is 2.34. The lowest BCUT2D eigenvalue weighted by Crippen LogP contribution is -2.39. The Labute approximate surface area is 223 Å². The zero-order valence-electron chi connectivity index (χ0n) is 21.4. The summed E-state index contributed by atoms with van der Waals surface area (Å²) in [5, 5.41) is 8.60. The molecule has 0 spiro atoms. The zero-order valence-corrected chi connectivity index (χ0v) is 21.4. The van der Waals surface area contributed by atoms with Gasteiger partial charge in [-0.1, -0.05) is 0 Å². The maximum absolute atomic E-state index is 14.7. The Morgan fingerprint density at radius 1 is 1.36 bits per heavy atom. The summed E-state index contributed by atoms with van der Waals surface area (Å²) >= 11 is 0. The Hall–Kier alpha value is -3.88. The second-order valence-corrected chi connectivity index (χ2v) is 9.75. The van der Waals surface area contributed by atoms with Gasteiger partial charge in [-0.2, -0.15) is 0 Å². The quantitative estimate of drug-likeness (QED) is 0.311. The lowest BCUT2D eigenvalue weighted by atomic mass is 10.1. The Bertz CT molecular complexity index is 1280. The molecule has 208 valence electrons. The summed E-state index contributed by atoms with van der Waals surface area (Å²) in [6.45, 7) is 1.50. The SMILES string of the molecule is COCC(N)C(=O)Nc1cc(F)c2c(c1)CC(CNCCC1CN(c3cnc4c(n3)NC(=O)CO4)C(=O)O1)C2. The van der Waals surface area contributed by atoms with Crippen LogP contribution in [0.1, 0.15) is 17.5 Å². The van der Waals surface area contributed by atoms with E-state index in [2.05, 4.69) is 25.9 Å². The number of rotatable bonds is 10. The van der Waals surface area contributed by atoms with Crippen LogP contribution in [0.5, 0.6) is 5.88 Å². The van der Waals surface area contributed by atoms with Crippen LogP contribution in [0.4, 0.5) is 26.5 Å².